The van der Waals surface area contributed by atoms with Gasteiger partial charge in [0, 0.05) is 22.9 Å². The van der Waals surface area contributed by atoms with Gasteiger partial charge in [-0.05, 0) is 36.5 Å². The maximum Gasteiger partial charge on any atom is 0.349 e. The molecular formula is C18H20BrNO4. The van der Waals surface area contributed by atoms with E-state index in [1.807, 2.05) is 0 Å². The van der Waals surface area contributed by atoms with Crippen LogP contribution in [0.3, 0.4) is 0 Å². The van der Waals surface area contributed by atoms with E-state index in [2.05, 4.69) is 29.8 Å². The third-order valence-electron chi connectivity index (χ3n) is 4.37. The van der Waals surface area contributed by atoms with Crippen molar-refractivity contribution >= 4 is 32.8 Å². The lowest BCUT2D eigenvalue weighted by atomic mass is 9.91. The van der Waals surface area contributed by atoms with E-state index in [1.165, 1.54) is 7.11 Å². The molecule has 1 fully saturated rings. The van der Waals surface area contributed by atoms with Crippen LogP contribution >= 0.6 is 15.9 Å². The number of ether oxygens (including phenoxy) is 1. The number of carbonyl (C=O) groups excluding carboxylic acids is 1. The molecule has 0 saturated carbocycles. The number of rotatable bonds is 2. The molecule has 1 aromatic heterocycles. The monoisotopic (exact) mass is 393 g/mol. The lowest BCUT2D eigenvalue weighted by molar-refractivity contribution is 0.0619. The number of hydrogen-bond acceptors (Lipinski definition) is 4. The smallest absolute Gasteiger partial charge is 0.349 e. The van der Waals surface area contributed by atoms with Gasteiger partial charge in [0.05, 0.1) is 7.11 Å². The van der Waals surface area contributed by atoms with Gasteiger partial charge in [0.2, 0.25) is 0 Å². The molecule has 1 amide bonds. The van der Waals surface area contributed by atoms with Crippen LogP contribution in [-0.2, 0) is 0 Å². The van der Waals surface area contributed by atoms with Gasteiger partial charge < -0.3 is 14.1 Å². The van der Waals surface area contributed by atoms with E-state index in [1.54, 1.807) is 23.1 Å². The maximum atomic E-state index is 12.8. The highest BCUT2D eigenvalue weighted by atomic mass is 79.9. The SMILES string of the molecule is COc1cc(Br)cc2cc(C(=O)N3C[C@H](C)C[C@@H](C)C3)c(=O)oc12. The van der Waals surface area contributed by atoms with Crippen LogP contribution in [0.5, 0.6) is 5.75 Å². The molecule has 3 rings (SSSR count). The molecule has 1 aromatic carbocycles. The highest BCUT2D eigenvalue weighted by molar-refractivity contribution is 9.10. The molecule has 0 bridgehead atoms. The summed E-state index contributed by atoms with van der Waals surface area (Å²) in [5.74, 6) is 1.05. The van der Waals surface area contributed by atoms with Gasteiger partial charge in [0.25, 0.3) is 5.91 Å². The molecule has 1 aliphatic rings. The van der Waals surface area contributed by atoms with E-state index >= 15 is 0 Å². The highest BCUT2D eigenvalue weighted by Crippen LogP contribution is 2.30. The Morgan fingerprint density at radius 2 is 1.92 bits per heavy atom. The van der Waals surface area contributed by atoms with Gasteiger partial charge in [0.1, 0.15) is 5.56 Å². The Balaban J connectivity index is 2.05. The molecule has 2 atom stereocenters. The highest BCUT2D eigenvalue weighted by Gasteiger charge is 2.28. The van der Waals surface area contributed by atoms with Gasteiger partial charge in [-0.2, -0.15) is 0 Å². The lowest BCUT2D eigenvalue weighted by Gasteiger charge is -2.34. The number of benzene rings is 1. The van der Waals surface area contributed by atoms with E-state index < -0.39 is 5.63 Å². The van der Waals surface area contributed by atoms with Crippen LogP contribution in [0.25, 0.3) is 11.0 Å². The van der Waals surface area contributed by atoms with Crippen LogP contribution in [0.4, 0.5) is 0 Å². The molecule has 1 saturated heterocycles. The fourth-order valence-corrected chi connectivity index (χ4v) is 3.92. The summed E-state index contributed by atoms with van der Waals surface area (Å²) in [5.41, 5.74) is -0.203. The number of likely N-dealkylation sites (tertiary alicyclic amines) is 1. The Bertz CT molecular complexity index is 835. The van der Waals surface area contributed by atoms with Crippen molar-refractivity contribution in [2.45, 2.75) is 20.3 Å². The first-order chi connectivity index (χ1) is 11.4. The molecule has 5 nitrogen and oxygen atoms in total. The summed E-state index contributed by atoms with van der Waals surface area (Å²) in [5, 5.41) is 0.655. The molecule has 6 heteroatoms. The summed E-state index contributed by atoms with van der Waals surface area (Å²) in [7, 11) is 1.51. The topological polar surface area (TPSA) is 59.8 Å². The van der Waals surface area contributed by atoms with Gasteiger partial charge in [-0.25, -0.2) is 4.79 Å². The average molecular weight is 394 g/mol. The minimum Gasteiger partial charge on any atom is -0.493 e. The second-order valence-electron chi connectivity index (χ2n) is 6.63. The van der Waals surface area contributed by atoms with Crippen molar-refractivity contribution in [1.29, 1.82) is 0 Å². The predicted molar refractivity (Wildman–Crippen MR) is 95.6 cm³/mol. The molecule has 0 spiro atoms. The number of amides is 1. The van der Waals surface area contributed by atoms with Crippen molar-refractivity contribution in [3.8, 4) is 5.75 Å². The number of piperidine rings is 1. The van der Waals surface area contributed by atoms with E-state index in [9.17, 15) is 9.59 Å². The molecule has 128 valence electrons. The van der Waals surface area contributed by atoms with Crippen LogP contribution < -0.4 is 10.4 Å². The van der Waals surface area contributed by atoms with Crippen LogP contribution in [0.2, 0.25) is 0 Å². The zero-order valence-electron chi connectivity index (χ0n) is 14.0. The van der Waals surface area contributed by atoms with Crippen molar-refractivity contribution in [3.63, 3.8) is 0 Å². The molecule has 0 N–H and O–H groups in total. The van der Waals surface area contributed by atoms with Crippen LogP contribution in [0.1, 0.15) is 30.6 Å². The minimum atomic E-state index is -0.626. The number of nitrogens with zero attached hydrogens (tertiary/aromatic N) is 1. The van der Waals surface area contributed by atoms with Crippen LogP contribution in [-0.4, -0.2) is 31.0 Å². The third-order valence-corrected chi connectivity index (χ3v) is 4.83. The number of fused-ring (bicyclic) bond motifs is 1. The summed E-state index contributed by atoms with van der Waals surface area (Å²) in [6.07, 6.45) is 1.10. The maximum absolute atomic E-state index is 12.8. The van der Waals surface area contributed by atoms with E-state index in [-0.39, 0.29) is 11.5 Å². The standard InChI is InChI=1S/C18H20BrNO4/c1-10-4-11(2)9-20(8-10)17(21)14-6-12-5-13(19)7-15(23-3)16(12)24-18(14)22/h5-7,10-11H,4,8-9H2,1-3H3/t10-,11-/m1/s1. The molecule has 1 aliphatic heterocycles. The van der Waals surface area contributed by atoms with Gasteiger partial charge in [-0.15, -0.1) is 0 Å². The molecule has 2 heterocycles. The van der Waals surface area contributed by atoms with Crippen molar-refractivity contribution in [2.24, 2.45) is 11.8 Å². The number of halogens is 1. The summed E-state index contributed by atoms with van der Waals surface area (Å²) in [6, 6.07) is 5.13. The summed E-state index contributed by atoms with van der Waals surface area (Å²) in [4.78, 5) is 26.9. The fraction of sp³-hybridized carbons (Fsp3) is 0.444. The molecule has 2 aromatic rings. The Kier molecular flexibility index (Phi) is 4.67. The second-order valence-corrected chi connectivity index (χ2v) is 7.55. The van der Waals surface area contributed by atoms with Crippen LogP contribution in [0.15, 0.2) is 31.9 Å². The van der Waals surface area contributed by atoms with Crippen molar-refractivity contribution in [2.75, 3.05) is 20.2 Å². The first-order valence-corrected chi connectivity index (χ1v) is 8.79. The first kappa shape index (κ1) is 17.0. The van der Waals surface area contributed by atoms with Crippen molar-refractivity contribution in [1.82, 2.24) is 4.90 Å². The quantitative estimate of drug-likeness (QED) is 0.730. The van der Waals surface area contributed by atoms with Gasteiger partial charge >= 0.3 is 5.63 Å². The largest absolute Gasteiger partial charge is 0.493 e. The second kappa shape index (κ2) is 6.59. The van der Waals surface area contributed by atoms with Gasteiger partial charge in [0.15, 0.2) is 11.3 Å². The lowest BCUT2D eigenvalue weighted by Crippen LogP contribution is -2.43. The Morgan fingerprint density at radius 1 is 1.25 bits per heavy atom. The number of hydrogen-bond donors (Lipinski definition) is 0. The van der Waals surface area contributed by atoms with E-state index in [0.29, 0.717) is 41.6 Å². The molecule has 0 aliphatic carbocycles. The minimum absolute atomic E-state index is 0.0731. The molecule has 0 radical (unpaired) electrons. The number of methoxy groups -OCH3 is 1. The van der Waals surface area contributed by atoms with Crippen molar-refractivity contribution in [3.05, 3.63) is 38.7 Å². The van der Waals surface area contributed by atoms with E-state index in [4.69, 9.17) is 9.15 Å². The predicted octanol–water partition coefficient (Wildman–Crippen LogP) is 3.68. The normalized spacial score (nSPS) is 21.1. The van der Waals surface area contributed by atoms with Crippen molar-refractivity contribution < 1.29 is 13.9 Å². The van der Waals surface area contributed by atoms with Crippen LogP contribution in [0, 0.1) is 11.8 Å². The fourth-order valence-electron chi connectivity index (χ4n) is 3.47. The molecule has 0 unspecified atom stereocenters. The average Bonchev–Trinajstić information content (AvgIpc) is 2.52. The Labute approximate surface area is 148 Å². The Morgan fingerprint density at radius 3 is 2.54 bits per heavy atom. The molecular weight excluding hydrogens is 374 g/mol. The first-order valence-electron chi connectivity index (χ1n) is 7.99. The third kappa shape index (κ3) is 3.20. The summed E-state index contributed by atoms with van der Waals surface area (Å²) >= 11 is 3.40. The number of carbonyl (C=O) groups is 1. The van der Waals surface area contributed by atoms with Gasteiger partial charge in [-0.3, -0.25) is 4.79 Å². The summed E-state index contributed by atoms with van der Waals surface area (Å²) in [6.45, 7) is 5.59. The Hall–Kier alpha value is -1.82. The van der Waals surface area contributed by atoms with E-state index in [0.717, 1.165) is 10.9 Å². The molecule has 24 heavy (non-hydrogen) atoms. The summed E-state index contributed by atoms with van der Waals surface area (Å²) < 4.78 is 11.4. The zero-order valence-corrected chi connectivity index (χ0v) is 15.6. The van der Waals surface area contributed by atoms with Gasteiger partial charge in [-0.1, -0.05) is 29.8 Å². The zero-order chi connectivity index (χ0) is 17.4.